The van der Waals surface area contributed by atoms with E-state index >= 15 is 0 Å². The molecule has 7 heteroatoms. The molecule has 0 radical (unpaired) electrons. The molecule has 1 aliphatic heterocycles. The highest BCUT2D eigenvalue weighted by atomic mass is 19.4. The molecule has 0 fully saturated rings. The third-order valence-electron chi connectivity index (χ3n) is 6.69. The van der Waals surface area contributed by atoms with Crippen molar-refractivity contribution < 1.29 is 22.8 Å². The standard InChI is InChI=1S/C29H25F3N2O2/c1-28(2)16-22-25(24(35)17-28)26(18-12-14-20(15-13-18)29(30,31)32)34(23-11-7-6-10-21(23)33-22)27(36)19-8-4-3-5-9-19/h3-15,26,33H,16-17H2,1-2H3/t26-/m0/s1. The van der Waals surface area contributed by atoms with Crippen molar-refractivity contribution >= 4 is 23.1 Å². The Kier molecular flexibility index (Phi) is 5.74. The van der Waals surface area contributed by atoms with Gasteiger partial charge in [0.2, 0.25) is 0 Å². The van der Waals surface area contributed by atoms with Gasteiger partial charge in [-0.2, -0.15) is 13.2 Å². The van der Waals surface area contributed by atoms with Crippen molar-refractivity contribution in [3.05, 3.63) is 107 Å². The second kappa shape index (κ2) is 8.66. The number of halogens is 3. The van der Waals surface area contributed by atoms with Crippen LogP contribution in [0.2, 0.25) is 0 Å². The van der Waals surface area contributed by atoms with Crippen molar-refractivity contribution in [3.8, 4) is 0 Å². The molecule has 0 spiro atoms. The quantitative estimate of drug-likeness (QED) is 0.415. The van der Waals surface area contributed by atoms with E-state index in [1.807, 2.05) is 26.0 Å². The Hall–Kier alpha value is -3.87. The molecule has 4 nitrogen and oxygen atoms in total. The van der Waals surface area contributed by atoms with Gasteiger partial charge in [0.15, 0.2) is 5.78 Å². The van der Waals surface area contributed by atoms with Crippen LogP contribution in [0, 0.1) is 5.41 Å². The number of nitrogens with zero attached hydrogens (tertiary/aromatic N) is 1. The molecule has 1 aliphatic carbocycles. The molecule has 1 amide bonds. The Morgan fingerprint density at radius 3 is 2.22 bits per heavy atom. The average Bonchev–Trinajstić information content (AvgIpc) is 2.97. The van der Waals surface area contributed by atoms with Crippen molar-refractivity contribution in [2.45, 2.75) is 38.9 Å². The number of hydrogen-bond donors (Lipinski definition) is 1. The minimum atomic E-state index is -4.50. The zero-order chi connectivity index (χ0) is 25.7. The maximum absolute atomic E-state index is 14.0. The van der Waals surface area contributed by atoms with E-state index in [2.05, 4.69) is 5.32 Å². The lowest BCUT2D eigenvalue weighted by molar-refractivity contribution is -0.137. The van der Waals surface area contributed by atoms with E-state index in [9.17, 15) is 22.8 Å². The topological polar surface area (TPSA) is 49.4 Å². The lowest BCUT2D eigenvalue weighted by Gasteiger charge is -2.37. The molecule has 0 saturated heterocycles. The molecule has 36 heavy (non-hydrogen) atoms. The lowest BCUT2D eigenvalue weighted by Crippen LogP contribution is -2.39. The van der Waals surface area contributed by atoms with E-state index < -0.39 is 17.8 Å². The number of allylic oxidation sites excluding steroid dienone is 1. The van der Waals surface area contributed by atoms with Crippen LogP contribution < -0.4 is 10.2 Å². The first-order valence-corrected chi connectivity index (χ1v) is 11.7. The third-order valence-corrected chi connectivity index (χ3v) is 6.69. The Bertz CT molecular complexity index is 1360. The molecule has 0 unspecified atom stereocenters. The lowest BCUT2D eigenvalue weighted by atomic mass is 9.73. The molecule has 5 rings (SSSR count). The number of benzene rings is 3. The summed E-state index contributed by atoms with van der Waals surface area (Å²) in [6.07, 6.45) is -3.66. The van der Waals surface area contributed by atoms with Crippen LogP contribution in [0.5, 0.6) is 0 Å². The minimum absolute atomic E-state index is 0.127. The number of Topliss-reactive ketones (excluding diaryl/α,β-unsaturated/α-hetero) is 1. The second-order valence-electron chi connectivity index (χ2n) is 10.0. The van der Waals surface area contributed by atoms with E-state index in [1.165, 1.54) is 12.1 Å². The molecular formula is C29H25F3N2O2. The summed E-state index contributed by atoms with van der Waals surface area (Å²) in [5, 5.41) is 3.40. The van der Waals surface area contributed by atoms with Gasteiger partial charge in [-0.15, -0.1) is 0 Å². The summed E-state index contributed by atoms with van der Waals surface area (Å²) < 4.78 is 40.0. The van der Waals surface area contributed by atoms with E-state index in [0.717, 1.165) is 12.1 Å². The molecular weight excluding hydrogens is 465 g/mol. The molecule has 184 valence electrons. The number of carbonyl (C=O) groups excluding carboxylic acids is 2. The van der Waals surface area contributed by atoms with Gasteiger partial charge >= 0.3 is 6.18 Å². The SMILES string of the molecule is CC1(C)CC(=O)C2=C(C1)Nc1ccccc1N(C(=O)c1ccccc1)[C@H]2c1ccc(C(F)(F)F)cc1. The van der Waals surface area contributed by atoms with Crippen molar-refractivity contribution in [1.29, 1.82) is 0 Å². The van der Waals surface area contributed by atoms with Crippen molar-refractivity contribution in [1.82, 2.24) is 0 Å². The van der Waals surface area contributed by atoms with Gasteiger partial charge in [0, 0.05) is 23.3 Å². The third kappa shape index (κ3) is 4.30. The molecule has 1 atom stereocenters. The summed E-state index contributed by atoms with van der Waals surface area (Å²) >= 11 is 0. The van der Waals surface area contributed by atoms with Crippen LogP contribution in [0.3, 0.4) is 0 Å². The molecule has 1 N–H and O–H groups in total. The monoisotopic (exact) mass is 490 g/mol. The Balaban J connectivity index is 1.77. The number of alkyl halides is 3. The molecule has 0 bridgehead atoms. The summed E-state index contributed by atoms with van der Waals surface area (Å²) in [7, 11) is 0. The maximum Gasteiger partial charge on any atom is 0.416 e. The van der Waals surface area contributed by atoms with Crippen LogP contribution in [0.1, 0.15) is 54.2 Å². The zero-order valence-corrected chi connectivity index (χ0v) is 19.9. The van der Waals surface area contributed by atoms with Gasteiger partial charge in [-0.1, -0.05) is 56.3 Å². The largest absolute Gasteiger partial charge is 0.416 e. The summed E-state index contributed by atoms with van der Waals surface area (Å²) in [5.41, 5.74) is 2.08. The Morgan fingerprint density at radius 1 is 0.917 bits per heavy atom. The molecule has 3 aromatic rings. The molecule has 0 saturated carbocycles. The van der Waals surface area contributed by atoms with Gasteiger partial charge in [-0.25, -0.2) is 0 Å². The fourth-order valence-corrected chi connectivity index (χ4v) is 5.10. The van der Waals surface area contributed by atoms with Crippen molar-refractivity contribution in [3.63, 3.8) is 0 Å². The van der Waals surface area contributed by atoms with E-state index in [0.29, 0.717) is 40.2 Å². The number of para-hydroxylation sites is 2. The van der Waals surface area contributed by atoms with Crippen molar-refractivity contribution in [2.75, 3.05) is 10.2 Å². The van der Waals surface area contributed by atoms with Gasteiger partial charge in [0.1, 0.15) is 0 Å². The van der Waals surface area contributed by atoms with Gasteiger partial charge in [-0.05, 0) is 53.8 Å². The van der Waals surface area contributed by atoms with Gasteiger partial charge in [0.05, 0.1) is 23.0 Å². The minimum Gasteiger partial charge on any atom is -0.357 e. The Morgan fingerprint density at radius 2 is 1.56 bits per heavy atom. The van der Waals surface area contributed by atoms with Gasteiger partial charge in [-0.3, -0.25) is 14.5 Å². The average molecular weight is 491 g/mol. The summed E-state index contributed by atoms with van der Waals surface area (Å²) in [6, 6.07) is 19.8. The molecule has 0 aromatic heterocycles. The first-order chi connectivity index (χ1) is 17.0. The summed E-state index contributed by atoms with van der Waals surface area (Å²) in [4.78, 5) is 29.2. The van der Waals surface area contributed by atoms with Crippen LogP contribution in [-0.2, 0) is 11.0 Å². The van der Waals surface area contributed by atoms with Crippen LogP contribution in [0.15, 0.2) is 90.1 Å². The molecule has 2 aliphatic rings. The van der Waals surface area contributed by atoms with Crippen molar-refractivity contribution in [2.24, 2.45) is 5.41 Å². The first-order valence-electron chi connectivity index (χ1n) is 11.7. The summed E-state index contributed by atoms with van der Waals surface area (Å²) in [5.74, 6) is -0.474. The predicted octanol–water partition coefficient (Wildman–Crippen LogP) is 7.16. The van der Waals surface area contributed by atoms with E-state index in [1.54, 1.807) is 47.4 Å². The van der Waals surface area contributed by atoms with E-state index in [-0.39, 0.29) is 23.5 Å². The number of anilines is 2. The van der Waals surface area contributed by atoms with Crippen LogP contribution >= 0.6 is 0 Å². The normalized spacial score (nSPS) is 19.2. The predicted molar refractivity (Wildman–Crippen MR) is 133 cm³/mol. The molecule has 1 heterocycles. The van der Waals surface area contributed by atoms with Gasteiger partial charge in [0.25, 0.3) is 5.91 Å². The number of amides is 1. The van der Waals surface area contributed by atoms with Crippen LogP contribution in [0.4, 0.5) is 24.5 Å². The highest BCUT2D eigenvalue weighted by molar-refractivity contribution is 6.12. The maximum atomic E-state index is 14.0. The number of carbonyl (C=O) groups is 2. The molecule has 3 aromatic carbocycles. The highest BCUT2D eigenvalue weighted by Crippen LogP contribution is 2.49. The van der Waals surface area contributed by atoms with Gasteiger partial charge < -0.3 is 5.32 Å². The second-order valence-corrected chi connectivity index (χ2v) is 10.0. The highest BCUT2D eigenvalue weighted by Gasteiger charge is 2.43. The first kappa shape index (κ1) is 23.9. The Labute approximate surface area is 207 Å². The van der Waals surface area contributed by atoms with Crippen LogP contribution in [0.25, 0.3) is 0 Å². The number of fused-ring (bicyclic) bond motifs is 1. The number of hydrogen-bond acceptors (Lipinski definition) is 3. The smallest absolute Gasteiger partial charge is 0.357 e. The fraction of sp³-hybridized carbons (Fsp3) is 0.241. The zero-order valence-electron chi connectivity index (χ0n) is 19.9. The fourth-order valence-electron chi connectivity index (χ4n) is 5.10. The number of nitrogens with one attached hydrogen (secondary N) is 1. The summed E-state index contributed by atoms with van der Waals surface area (Å²) in [6.45, 7) is 4.01. The van der Waals surface area contributed by atoms with Crippen LogP contribution in [-0.4, -0.2) is 11.7 Å². The van der Waals surface area contributed by atoms with E-state index in [4.69, 9.17) is 0 Å². The number of rotatable bonds is 2. The number of ketones is 1.